The maximum atomic E-state index is 11.6. The second kappa shape index (κ2) is 11.6. The number of imidazole rings is 1. The lowest BCUT2D eigenvalue weighted by Gasteiger charge is -2.23. The molecule has 1 aliphatic heterocycles. The Morgan fingerprint density at radius 3 is 2.70 bits per heavy atom. The Morgan fingerprint density at radius 2 is 2.11 bits per heavy atom. The molecule has 0 bridgehead atoms. The van der Waals surface area contributed by atoms with Crippen LogP contribution in [0, 0.1) is 0 Å². The van der Waals surface area contributed by atoms with Crippen molar-refractivity contribution < 1.29 is 9.53 Å². The van der Waals surface area contributed by atoms with Gasteiger partial charge in [-0.15, -0.1) is 0 Å². The molecular formula is C18H32N6O2S. The molecule has 0 aromatic carbocycles. The first kappa shape index (κ1) is 23.0. The molecular weight excluding hydrogens is 364 g/mol. The number of nitrogens with one attached hydrogen (secondary N) is 1. The van der Waals surface area contributed by atoms with Gasteiger partial charge in [0.25, 0.3) is 0 Å². The van der Waals surface area contributed by atoms with Crippen LogP contribution in [0.2, 0.25) is 0 Å². The molecule has 2 rings (SSSR count). The first-order valence-corrected chi connectivity index (χ1v) is 10.1. The molecule has 1 N–H and O–H groups in total. The summed E-state index contributed by atoms with van der Waals surface area (Å²) in [5.74, 6) is 2.31. The summed E-state index contributed by atoms with van der Waals surface area (Å²) in [5.41, 5.74) is -0.474. The number of carbonyl (C=O) groups is 1. The Morgan fingerprint density at radius 1 is 1.41 bits per heavy atom. The highest BCUT2D eigenvalue weighted by atomic mass is 32.2. The van der Waals surface area contributed by atoms with Crippen molar-refractivity contribution in [3.8, 4) is 0 Å². The van der Waals surface area contributed by atoms with E-state index in [9.17, 15) is 4.79 Å². The van der Waals surface area contributed by atoms with E-state index in [-0.39, 0.29) is 6.09 Å². The van der Waals surface area contributed by atoms with Crippen LogP contribution in [0.1, 0.15) is 47.5 Å². The summed E-state index contributed by atoms with van der Waals surface area (Å²) >= 11 is 1.47. The van der Waals surface area contributed by atoms with Crippen LogP contribution in [0.5, 0.6) is 0 Å². The molecule has 0 fully saturated rings. The summed E-state index contributed by atoms with van der Waals surface area (Å²) in [7, 11) is 1.99. The quantitative estimate of drug-likeness (QED) is 0.623. The fraction of sp³-hybridized carbons (Fsp3) is 0.667. The Bertz CT molecular complexity index is 622. The van der Waals surface area contributed by atoms with Crippen LogP contribution in [0.25, 0.3) is 0 Å². The molecule has 0 radical (unpaired) electrons. The van der Waals surface area contributed by atoms with Gasteiger partial charge in [0, 0.05) is 32.5 Å². The van der Waals surface area contributed by atoms with Crippen LogP contribution in [-0.2, 0) is 4.74 Å². The number of hydrogen-bond acceptors (Lipinski definition) is 7. The third-order valence-corrected chi connectivity index (χ3v) is 3.76. The number of ether oxygens (including phenoxy) is 1. The first-order valence-electron chi connectivity index (χ1n) is 9.20. The monoisotopic (exact) mass is 396 g/mol. The number of amidine groups is 1. The average Bonchev–Trinajstić information content (AvgIpc) is 3.12. The number of nitrogens with zero attached hydrogens (tertiary/aromatic N) is 5. The molecule has 0 aliphatic carbocycles. The minimum atomic E-state index is -0.474. The summed E-state index contributed by atoms with van der Waals surface area (Å²) in [6.45, 7) is 11.1. The fourth-order valence-corrected chi connectivity index (χ4v) is 2.66. The average molecular weight is 397 g/mol. The van der Waals surface area contributed by atoms with Crippen molar-refractivity contribution in [2.75, 3.05) is 25.9 Å². The van der Waals surface area contributed by atoms with E-state index in [1.165, 1.54) is 18.4 Å². The van der Waals surface area contributed by atoms with Gasteiger partial charge >= 0.3 is 6.09 Å². The van der Waals surface area contributed by atoms with E-state index < -0.39 is 5.60 Å². The van der Waals surface area contributed by atoms with Gasteiger partial charge in [-0.1, -0.05) is 20.3 Å². The van der Waals surface area contributed by atoms with E-state index in [1.54, 1.807) is 17.1 Å². The highest BCUT2D eigenvalue weighted by Crippen LogP contribution is 2.13. The van der Waals surface area contributed by atoms with Crippen LogP contribution >= 0.6 is 11.9 Å². The number of hydrogen-bond donors (Lipinski definition) is 1. The van der Waals surface area contributed by atoms with Crippen molar-refractivity contribution in [1.29, 1.82) is 0 Å². The van der Waals surface area contributed by atoms with E-state index in [0.717, 1.165) is 24.6 Å². The molecule has 27 heavy (non-hydrogen) atoms. The fourth-order valence-electron chi connectivity index (χ4n) is 1.94. The third-order valence-electron chi connectivity index (χ3n) is 3.08. The van der Waals surface area contributed by atoms with Gasteiger partial charge in [0.2, 0.25) is 5.96 Å². The molecule has 8 nitrogen and oxygen atoms in total. The smallest absolute Gasteiger partial charge is 0.407 e. The molecule has 2 heterocycles. The second-order valence-electron chi connectivity index (χ2n) is 7.07. The summed E-state index contributed by atoms with van der Waals surface area (Å²) < 4.78 is 11.3. The first-order chi connectivity index (χ1) is 12.8. The van der Waals surface area contributed by atoms with Gasteiger partial charge in [0.05, 0.1) is 5.75 Å². The van der Waals surface area contributed by atoms with Crippen molar-refractivity contribution in [3.05, 3.63) is 18.7 Å². The summed E-state index contributed by atoms with van der Waals surface area (Å²) in [5, 5.41) is 2.76. The van der Waals surface area contributed by atoms with E-state index in [0.29, 0.717) is 12.5 Å². The topological polar surface area (TPSA) is 84.1 Å². The number of aromatic nitrogens is 2. The van der Waals surface area contributed by atoms with Gasteiger partial charge in [0.15, 0.2) is 0 Å². The molecule has 1 amide bonds. The van der Waals surface area contributed by atoms with Gasteiger partial charge in [-0.3, -0.25) is 4.57 Å². The summed E-state index contributed by atoms with van der Waals surface area (Å²) in [4.78, 5) is 22.2. The number of alkyl carbamates (subject to hydrolysis) is 1. The lowest BCUT2D eigenvalue weighted by molar-refractivity contribution is 0.0527. The lowest BCUT2D eigenvalue weighted by Crippen LogP contribution is -2.36. The van der Waals surface area contributed by atoms with Gasteiger partial charge < -0.3 is 15.0 Å². The Kier molecular flexibility index (Phi) is 9.92. The molecule has 152 valence electrons. The SMILES string of the molecule is CCC.CN(CCCNC(=O)OC(C)(C)C)C1=NC(n2ccnc2)=NSC1. The minimum absolute atomic E-state index is 0.384. The minimum Gasteiger partial charge on any atom is -0.444 e. The largest absolute Gasteiger partial charge is 0.444 e. The predicted molar refractivity (Wildman–Crippen MR) is 112 cm³/mol. The molecule has 1 aromatic heterocycles. The zero-order valence-corrected chi connectivity index (χ0v) is 18.0. The number of rotatable bonds is 4. The van der Waals surface area contributed by atoms with Crippen molar-refractivity contribution in [2.24, 2.45) is 9.39 Å². The number of amides is 1. The standard InChI is InChI=1S/C15H24N6O2S.C3H8/c1-15(2,3)23-14(22)17-6-5-8-20(4)12-10-24-19-13(18-12)21-9-7-16-11-21;1-3-2/h7,9,11H,5-6,8,10H2,1-4H3,(H,17,22);3H2,1-2H3. The maximum Gasteiger partial charge on any atom is 0.407 e. The Balaban J connectivity index is 0.00000114. The molecule has 0 unspecified atom stereocenters. The van der Waals surface area contributed by atoms with Gasteiger partial charge in [-0.05, 0) is 39.1 Å². The van der Waals surface area contributed by atoms with Crippen LogP contribution in [0.3, 0.4) is 0 Å². The zero-order valence-electron chi connectivity index (χ0n) is 17.2. The van der Waals surface area contributed by atoms with Crippen LogP contribution in [0.15, 0.2) is 28.1 Å². The van der Waals surface area contributed by atoms with Gasteiger partial charge in [-0.2, -0.15) is 9.39 Å². The molecule has 0 spiro atoms. The molecule has 0 saturated heterocycles. The molecule has 0 saturated carbocycles. The highest BCUT2D eigenvalue weighted by Gasteiger charge is 2.16. The maximum absolute atomic E-state index is 11.6. The summed E-state index contributed by atoms with van der Waals surface area (Å²) in [6.07, 6.45) is 6.86. The van der Waals surface area contributed by atoms with Crippen LogP contribution < -0.4 is 5.32 Å². The number of aliphatic imine (C=N–C) groups is 1. The zero-order chi connectivity index (χ0) is 20.3. The van der Waals surface area contributed by atoms with Crippen molar-refractivity contribution >= 4 is 29.8 Å². The summed E-state index contributed by atoms with van der Waals surface area (Å²) in [6, 6.07) is 0. The predicted octanol–water partition coefficient (Wildman–Crippen LogP) is 3.41. The van der Waals surface area contributed by atoms with E-state index in [2.05, 4.69) is 38.4 Å². The Hall–Kier alpha value is -2.03. The second-order valence-corrected chi connectivity index (χ2v) is 7.80. The van der Waals surface area contributed by atoms with Crippen molar-refractivity contribution in [1.82, 2.24) is 19.8 Å². The molecule has 9 heteroatoms. The van der Waals surface area contributed by atoms with Crippen LogP contribution in [-0.4, -0.2) is 63.8 Å². The normalized spacial score (nSPS) is 13.7. The molecule has 1 aliphatic rings. The van der Waals surface area contributed by atoms with Crippen molar-refractivity contribution in [3.63, 3.8) is 0 Å². The van der Waals surface area contributed by atoms with E-state index in [4.69, 9.17) is 4.74 Å². The van der Waals surface area contributed by atoms with Gasteiger partial charge in [0.1, 0.15) is 17.8 Å². The van der Waals surface area contributed by atoms with E-state index in [1.807, 2.05) is 34.0 Å². The van der Waals surface area contributed by atoms with Gasteiger partial charge in [-0.25, -0.2) is 9.78 Å². The van der Waals surface area contributed by atoms with Crippen LogP contribution in [0.4, 0.5) is 4.79 Å². The van der Waals surface area contributed by atoms with E-state index >= 15 is 0 Å². The third kappa shape index (κ3) is 9.46. The Labute approximate surface area is 166 Å². The highest BCUT2D eigenvalue weighted by molar-refractivity contribution is 7.98. The van der Waals surface area contributed by atoms with Crippen molar-refractivity contribution in [2.45, 2.75) is 53.1 Å². The molecule has 0 atom stereocenters. The molecule has 1 aromatic rings. The number of carbonyl (C=O) groups excluding carboxylic acids is 1. The lowest BCUT2D eigenvalue weighted by atomic mass is 10.2.